The number of amides is 1. The summed E-state index contributed by atoms with van der Waals surface area (Å²) in [5, 5.41) is 9.29. The molecule has 6 nitrogen and oxygen atoms in total. The summed E-state index contributed by atoms with van der Waals surface area (Å²) in [6, 6.07) is 0.384. The average Bonchev–Trinajstić information content (AvgIpc) is 2.67. The number of nitrogens with zero attached hydrogens (tertiary/aromatic N) is 3. The zero-order valence-corrected chi connectivity index (χ0v) is 12.2. The van der Waals surface area contributed by atoms with Gasteiger partial charge in [-0.2, -0.15) is 0 Å². The van der Waals surface area contributed by atoms with Crippen molar-refractivity contribution in [2.24, 2.45) is 0 Å². The minimum Gasteiger partial charge on any atom is -0.435 e. The fourth-order valence-electron chi connectivity index (χ4n) is 2.64. The number of hydrogen-bond acceptors (Lipinski definition) is 5. The van der Waals surface area contributed by atoms with Crippen molar-refractivity contribution < 1.29 is 14.3 Å². The third-order valence-electron chi connectivity index (χ3n) is 4.06. The van der Waals surface area contributed by atoms with Gasteiger partial charge in [-0.3, -0.25) is 9.69 Å². The molecule has 3 rings (SSSR count). The highest BCUT2D eigenvalue weighted by atomic mass is 16.4. The van der Waals surface area contributed by atoms with Crippen molar-refractivity contribution in [2.45, 2.75) is 38.8 Å². The monoisotopic (exact) mass is 279 g/mol. The Morgan fingerprint density at radius 1 is 1.35 bits per heavy atom. The van der Waals surface area contributed by atoms with E-state index in [0.717, 1.165) is 13.1 Å². The van der Waals surface area contributed by atoms with E-state index in [1.807, 2.05) is 20.8 Å². The molecule has 6 heteroatoms. The molecule has 0 bridgehead atoms. The van der Waals surface area contributed by atoms with Crippen molar-refractivity contribution >= 4 is 5.91 Å². The van der Waals surface area contributed by atoms with Gasteiger partial charge in [-0.05, 0) is 6.92 Å². The van der Waals surface area contributed by atoms with Crippen LogP contribution in [0.4, 0.5) is 0 Å². The second-order valence-electron chi connectivity index (χ2n) is 6.09. The number of β-amino-alcohol motifs (C(OH)–C–C–N with tert-alkyl or cyclic N) is 1. The van der Waals surface area contributed by atoms with E-state index in [1.54, 1.807) is 4.90 Å². The number of likely N-dealkylation sites (tertiary alicyclic amines) is 2. The van der Waals surface area contributed by atoms with Gasteiger partial charge in [-0.25, -0.2) is 4.98 Å². The van der Waals surface area contributed by atoms with Gasteiger partial charge in [0, 0.05) is 38.1 Å². The second kappa shape index (κ2) is 4.86. The van der Waals surface area contributed by atoms with Gasteiger partial charge in [0.1, 0.15) is 0 Å². The van der Waals surface area contributed by atoms with Crippen LogP contribution in [-0.2, 0) is 0 Å². The standard InChI is InChI=1S/C14H21N3O3/c1-8(2)13-15-9(3)12(20-13)14(19)17-4-10(5-17)16-6-11(18)7-16/h8,10-11,18H,4-7H2,1-3H3. The predicted octanol–water partition coefficient (Wildman–Crippen LogP) is 0.607. The van der Waals surface area contributed by atoms with Crippen LogP contribution < -0.4 is 0 Å². The molecule has 1 aromatic rings. The molecule has 0 radical (unpaired) electrons. The molecule has 2 fully saturated rings. The van der Waals surface area contributed by atoms with Crippen molar-refractivity contribution in [1.82, 2.24) is 14.8 Å². The molecule has 1 amide bonds. The molecule has 20 heavy (non-hydrogen) atoms. The molecular formula is C14H21N3O3. The lowest BCUT2D eigenvalue weighted by Crippen LogP contribution is -2.67. The highest BCUT2D eigenvalue weighted by Gasteiger charge is 2.41. The van der Waals surface area contributed by atoms with Crippen LogP contribution in [0.15, 0.2) is 4.42 Å². The number of rotatable bonds is 3. The topological polar surface area (TPSA) is 69.8 Å². The largest absolute Gasteiger partial charge is 0.435 e. The van der Waals surface area contributed by atoms with E-state index in [0.29, 0.717) is 36.5 Å². The van der Waals surface area contributed by atoms with Gasteiger partial charge in [0.05, 0.1) is 11.8 Å². The van der Waals surface area contributed by atoms with Crippen LogP contribution >= 0.6 is 0 Å². The number of aromatic nitrogens is 1. The zero-order valence-electron chi connectivity index (χ0n) is 12.2. The molecule has 0 spiro atoms. The lowest BCUT2D eigenvalue weighted by atomic mass is 10.0. The highest BCUT2D eigenvalue weighted by molar-refractivity contribution is 5.93. The highest BCUT2D eigenvalue weighted by Crippen LogP contribution is 2.25. The lowest BCUT2D eigenvalue weighted by molar-refractivity contribution is -0.0631. The van der Waals surface area contributed by atoms with Crippen molar-refractivity contribution in [3.8, 4) is 0 Å². The van der Waals surface area contributed by atoms with Gasteiger partial charge in [0.2, 0.25) is 5.76 Å². The van der Waals surface area contributed by atoms with Gasteiger partial charge in [-0.1, -0.05) is 13.8 Å². The normalized spacial score (nSPS) is 21.1. The summed E-state index contributed by atoms with van der Waals surface area (Å²) >= 11 is 0. The third kappa shape index (κ3) is 2.23. The Kier molecular flexibility index (Phi) is 3.30. The first-order valence-electron chi connectivity index (χ1n) is 7.14. The van der Waals surface area contributed by atoms with Crippen LogP contribution in [0.3, 0.4) is 0 Å². The molecule has 2 saturated heterocycles. The number of carbonyl (C=O) groups is 1. The summed E-state index contributed by atoms with van der Waals surface area (Å²) in [5.41, 5.74) is 0.668. The number of aliphatic hydroxyl groups is 1. The molecule has 0 saturated carbocycles. The molecular weight excluding hydrogens is 258 g/mol. The zero-order chi connectivity index (χ0) is 14.4. The molecule has 3 heterocycles. The smallest absolute Gasteiger partial charge is 0.291 e. The summed E-state index contributed by atoms with van der Waals surface area (Å²) in [6.07, 6.45) is -0.190. The SMILES string of the molecule is Cc1nc(C(C)C)oc1C(=O)N1CC(N2CC(O)C2)C1. The Morgan fingerprint density at radius 2 is 2.00 bits per heavy atom. The van der Waals surface area contributed by atoms with Crippen molar-refractivity contribution in [3.63, 3.8) is 0 Å². The fraction of sp³-hybridized carbons (Fsp3) is 0.714. The van der Waals surface area contributed by atoms with E-state index in [-0.39, 0.29) is 17.9 Å². The maximum Gasteiger partial charge on any atom is 0.291 e. The molecule has 0 aromatic carbocycles. The number of oxazole rings is 1. The Hall–Kier alpha value is -1.40. The molecule has 1 aromatic heterocycles. The maximum atomic E-state index is 12.3. The van der Waals surface area contributed by atoms with Crippen LogP contribution in [-0.4, -0.2) is 64.1 Å². The van der Waals surface area contributed by atoms with E-state index in [4.69, 9.17) is 4.42 Å². The Bertz CT molecular complexity index is 514. The number of carbonyl (C=O) groups excluding carboxylic acids is 1. The number of aliphatic hydroxyl groups excluding tert-OH is 1. The van der Waals surface area contributed by atoms with Crippen molar-refractivity contribution in [2.75, 3.05) is 26.2 Å². The predicted molar refractivity (Wildman–Crippen MR) is 72.6 cm³/mol. The average molecular weight is 279 g/mol. The van der Waals surface area contributed by atoms with E-state index in [2.05, 4.69) is 9.88 Å². The van der Waals surface area contributed by atoms with E-state index in [9.17, 15) is 9.90 Å². The van der Waals surface area contributed by atoms with Crippen LogP contribution in [0.25, 0.3) is 0 Å². The van der Waals surface area contributed by atoms with Crippen molar-refractivity contribution in [3.05, 3.63) is 17.3 Å². The van der Waals surface area contributed by atoms with Crippen LogP contribution in [0.2, 0.25) is 0 Å². The third-order valence-corrected chi connectivity index (χ3v) is 4.06. The molecule has 0 aliphatic carbocycles. The molecule has 110 valence electrons. The number of aryl methyl sites for hydroxylation is 1. The fourth-order valence-corrected chi connectivity index (χ4v) is 2.64. The van der Waals surface area contributed by atoms with Crippen LogP contribution in [0, 0.1) is 6.92 Å². The second-order valence-corrected chi connectivity index (χ2v) is 6.09. The lowest BCUT2D eigenvalue weighted by Gasteiger charge is -2.50. The Morgan fingerprint density at radius 3 is 2.50 bits per heavy atom. The molecule has 1 N–H and O–H groups in total. The van der Waals surface area contributed by atoms with Gasteiger partial charge >= 0.3 is 0 Å². The van der Waals surface area contributed by atoms with E-state index in [1.165, 1.54) is 0 Å². The number of hydrogen-bond donors (Lipinski definition) is 1. The van der Waals surface area contributed by atoms with Crippen LogP contribution in [0.5, 0.6) is 0 Å². The molecule has 0 atom stereocenters. The quantitative estimate of drug-likeness (QED) is 0.878. The molecule has 2 aliphatic heterocycles. The van der Waals surface area contributed by atoms with Crippen molar-refractivity contribution in [1.29, 1.82) is 0 Å². The minimum atomic E-state index is -0.190. The summed E-state index contributed by atoms with van der Waals surface area (Å²) in [4.78, 5) is 20.6. The molecule has 0 unspecified atom stereocenters. The van der Waals surface area contributed by atoms with Gasteiger partial charge in [-0.15, -0.1) is 0 Å². The first-order chi connectivity index (χ1) is 9.45. The first-order valence-corrected chi connectivity index (χ1v) is 7.14. The molecule has 2 aliphatic rings. The summed E-state index contributed by atoms with van der Waals surface area (Å²) in [5.74, 6) is 1.10. The summed E-state index contributed by atoms with van der Waals surface area (Å²) in [7, 11) is 0. The van der Waals surface area contributed by atoms with Gasteiger partial charge in [0.25, 0.3) is 5.91 Å². The Balaban J connectivity index is 1.60. The van der Waals surface area contributed by atoms with Gasteiger partial charge < -0.3 is 14.4 Å². The summed E-state index contributed by atoms with van der Waals surface area (Å²) in [6.45, 7) is 8.68. The van der Waals surface area contributed by atoms with Gasteiger partial charge in [0.15, 0.2) is 5.89 Å². The minimum absolute atomic E-state index is 0.0702. The maximum absolute atomic E-state index is 12.3. The Labute approximate surface area is 118 Å². The first kappa shape index (κ1) is 13.6. The van der Waals surface area contributed by atoms with Crippen LogP contribution in [0.1, 0.15) is 41.9 Å². The van der Waals surface area contributed by atoms with E-state index < -0.39 is 0 Å². The summed E-state index contributed by atoms with van der Waals surface area (Å²) < 4.78 is 5.59. The van der Waals surface area contributed by atoms with E-state index >= 15 is 0 Å².